The smallest absolute Gasteiger partial charge is 0.258 e. The number of fused-ring (bicyclic) bond motifs is 3. The average Bonchev–Trinajstić information content (AvgIpc) is 3.45. The van der Waals surface area contributed by atoms with Gasteiger partial charge in [0.05, 0.1) is 18.2 Å². The number of hydrogen-bond donors (Lipinski definition) is 2. The number of rotatable bonds is 4. The first kappa shape index (κ1) is 32.5. The molecular formula is C33H39FN6O6. The molecule has 2 aliphatic heterocycles. The number of piperazine rings is 1. The Balaban J connectivity index is 1.39. The number of H-pyrrole nitrogens is 1. The number of amides is 5. The highest BCUT2D eigenvalue weighted by molar-refractivity contribution is 5.99. The van der Waals surface area contributed by atoms with Crippen LogP contribution in [0.5, 0.6) is 5.75 Å². The maximum Gasteiger partial charge on any atom is 0.258 e. The Kier molecular flexibility index (Phi) is 9.88. The molecule has 0 radical (unpaired) electrons. The number of likely N-dealkylation sites (N-methyl/N-ethyl adjacent to an activating group) is 2. The third kappa shape index (κ3) is 7.13. The molecule has 0 spiro atoms. The summed E-state index contributed by atoms with van der Waals surface area (Å²) in [6.45, 7) is 2.21. The predicted molar refractivity (Wildman–Crippen MR) is 167 cm³/mol. The van der Waals surface area contributed by atoms with Gasteiger partial charge in [-0.15, -0.1) is 0 Å². The third-order valence-corrected chi connectivity index (χ3v) is 8.74. The number of hydrogen-bond acceptors (Lipinski definition) is 6. The molecule has 2 N–H and O–H groups in total. The zero-order chi connectivity index (χ0) is 33.0. The summed E-state index contributed by atoms with van der Waals surface area (Å²) in [6, 6.07) is 9.73. The van der Waals surface area contributed by atoms with Gasteiger partial charge in [0.25, 0.3) is 5.91 Å². The van der Waals surface area contributed by atoms with Crippen LogP contribution in [0.15, 0.2) is 48.7 Å². The van der Waals surface area contributed by atoms with Crippen molar-refractivity contribution in [3.05, 3.63) is 65.6 Å². The number of nitrogens with one attached hydrogen (secondary N) is 2. The number of nitrogens with zero attached hydrogens (tertiary/aromatic N) is 4. The molecule has 2 atom stereocenters. The monoisotopic (exact) mass is 634 g/mol. The minimum Gasteiger partial charge on any atom is -0.491 e. The van der Waals surface area contributed by atoms with Crippen LogP contribution in [-0.4, -0.2) is 120 Å². The van der Waals surface area contributed by atoms with E-state index >= 15 is 0 Å². The lowest BCUT2D eigenvalue weighted by Gasteiger charge is -2.41. The number of carbonyl (C=O) groups excluding carboxylic acids is 5. The SMILES string of the molecule is CC(=O)N1CCN2C(=O)CN(C)C(=O)CC[C@H](C(=O)NCCc3c[nH]c4ccccc34)N(C)C(=O)c3cc(F)ccc3OC[C@H]2C1. The highest BCUT2D eigenvalue weighted by Crippen LogP contribution is 2.25. The first-order chi connectivity index (χ1) is 22.0. The molecule has 2 aliphatic rings. The zero-order valence-electron chi connectivity index (χ0n) is 26.3. The standard InChI is InChI=1S/C33H39FN6O6/c1-21(41)39-14-15-40-24(18-39)20-46-29-10-8-23(34)16-26(29)33(45)38(3)28(9-11-30(42)37(2)19-31(40)43)32(44)35-13-12-22-17-36-27-7-5-4-6-25(22)27/h4-8,10,16-17,24,28,36H,9,11-15,18-20H2,1-3H3,(H,35,44)/t24-,28-/m1/s1. The molecule has 1 aromatic heterocycles. The molecule has 46 heavy (non-hydrogen) atoms. The number of benzene rings is 2. The summed E-state index contributed by atoms with van der Waals surface area (Å²) in [7, 11) is 2.95. The van der Waals surface area contributed by atoms with Gasteiger partial charge in [0.2, 0.25) is 23.6 Å². The van der Waals surface area contributed by atoms with E-state index in [0.29, 0.717) is 13.0 Å². The quantitative estimate of drug-likeness (QED) is 0.450. The van der Waals surface area contributed by atoms with Crippen LogP contribution in [0, 0.1) is 5.82 Å². The Hall–Kier alpha value is -4.94. The van der Waals surface area contributed by atoms with Crippen molar-refractivity contribution in [2.75, 3.05) is 53.4 Å². The molecule has 1 fully saturated rings. The molecule has 0 unspecified atom stereocenters. The van der Waals surface area contributed by atoms with Crippen molar-refractivity contribution in [2.45, 2.75) is 38.3 Å². The predicted octanol–water partition coefficient (Wildman–Crippen LogP) is 1.80. The van der Waals surface area contributed by atoms with Crippen LogP contribution in [0.4, 0.5) is 4.39 Å². The topological polar surface area (TPSA) is 135 Å². The minimum atomic E-state index is -1.07. The Morgan fingerprint density at radius 1 is 1.07 bits per heavy atom. The van der Waals surface area contributed by atoms with Crippen molar-refractivity contribution in [1.82, 2.24) is 29.9 Å². The van der Waals surface area contributed by atoms with Gasteiger partial charge in [-0.1, -0.05) is 18.2 Å². The highest BCUT2D eigenvalue weighted by atomic mass is 19.1. The molecule has 3 aromatic rings. The second-order valence-corrected chi connectivity index (χ2v) is 11.8. The maximum atomic E-state index is 14.5. The number of halogens is 1. The van der Waals surface area contributed by atoms with E-state index in [9.17, 15) is 28.4 Å². The van der Waals surface area contributed by atoms with Crippen molar-refractivity contribution in [3.8, 4) is 5.75 Å². The van der Waals surface area contributed by atoms with E-state index < -0.39 is 29.7 Å². The molecule has 0 bridgehead atoms. The second-order valence-electron chi connectivity index (χ2n) is 11.8. The fourth-order valence-electron chi connectivity index (χ4n) is 6.04. The molecule has 3 heterocycles. The zero-order valence-corrected chi connectivity index (χ0v) is 26.3. The lowest BCUT2D eigenvalue weighted by Crippen LogP contribution is -2.59. The van der Waals surface area contributed by atoms with E-state index in [-0.39, 0.29) is 74.7 Å². The summed E-state index contributed by atoms with van der Waals surface area (Å²) in [5.41, 5.74) is 1.90. The summed E-state index contributed by atoms with van der Waals surface area (Å²) in [6.07, 6.45) is 2.28. The lowest BCUT2D eigenvalue weighted by molar-refractivity contribution is -0.146. The Morgan fingerprint density at radius 3 is 2.63 bits per heavy atom. The molecule has 0 aliphatic carbocycles. The maximum absolute atomic E-state index is 14.5. The Bertz CT molecular complexity index is 1640. The summed E-state index contributed by atoms with van der Waals surface area (Å²) >= 11 is 0. The average molecular weight is 635 g/mol. The van der Waals surface area contributed by atoms with E-state index in [1.165, 1.54) is 36.9 Å². The number of carbonyl (C=O) groups is 5. The lowest BCUT2D eigenvalue weighted by atomic mass is 10.1. The van der Waals surface area contributed by atoms with Gasteiger partial charge in [-0.2, -0.15) is 0 Å². The van der Waals surface area contributed by atoms with E-state index in [2.05, 4.69) is 10.3 Å². The van der Waals surface area contributed by atoms with E-state index in [1.807, 2.05) is 30.5 Å². The molecule has 12 nitrogen and oxygen atoms in total. The van der Waals surface area contributed by atoms with Crippen LogP contribution in [0.1, 0.15) is 35.7 Å². The van der Waals surface area contributed by atoms with Gasteiger partial charge in [0.1, 0.15) is 24.2 Å². The van der Waals surface area contributed by atoms with E-state index in [4.69, 9.17) is 4.74 Å². The van der Waals surface area contributed by atoms with Gasteiger partial charge in [-0.3, -0.25) is 24.0 Å². The molecule has 1 saturated heterocycles. The summed E-state index contributed by atoms with van der Waals surface area (Å²) in [4.78, 5) is 75.0. The number of ether oxygens (including phenoxy) is 1. The van der Waals surface area contributed by atoms with Gasteiger partial charge in [0.15, 0.2) is 0 Å². The largest absolute Gasteiger partial charge is 0.491 e. The fraction of sp³-hybridized carbons (Fsp3) is 0.424. The van der Waals surface area contributed by atoms with Crippen LogP contribution >= 0.6 is 0 Å². The fourth-order valence-corrected chi connectivity index (χ4v) is 6.04. The Morgan fingerprint density at radius 2 is 1.85 bits per heavy atom. The van der Waals surface area contributed by atoms with Crippen LogP contribution in [-0.2, 0) is 25.6 Å². The number of aromatic amines is 1. The van der Waals surface area contributed by atoms with E-state index in [0.717, 1.165) is 28.6 Å². The van der Waals surface area contributed by atoms with Crippen molar-refractivity contribution < 1.29 is 33.1 Å². The minimum absolute atomic E-state index is 0.0239. The van der Waals surface area contributed by atoms with Gasteiger partial charge in [-0.25, -0.2) is 4.39 Å². The first-order valence-electron chi connectivity index (χ1n) is 15.3. The van der Waals surface area contributed by atoms with Crippen molar-refractivity contribution in [1.29, 1.82) is 0 Å². The van der Waals surface area contributed by atoms with Crippen LogP contribution in [0.3, 0.4) is 0 Å². The third-order valence-electron chi connectivity index (χ3n) is 8.74. The first-order valence-corrected chi connectivity index (χ1v) is 15.3. The second kappa shape index (κ2) is 14.0. The summed E-state index contributed by atoms with van der Waals surface area (Å²) in [5, 5.41) is 3.94. The van der Waals surface area contributed by atoms with Gasteiger partial charge in [-0.05, 0) is 42.7 Å². The molecule has 244 valence electrons. The normalized spacial score (nSPS) is 20.0. The number of aromatic nitrogens is 1. The van der Waals surface area contributed by atoms with Gasteiger partial charge >= 0.3 is 0 Å². The van der Waals surface area contributed by atoms with Crippen molar-refractivity contribution >= 4 is 40.4 Å². The Labute approximate surface area is 266 Å². The molecule has 2 aromatic carbocycles. The summed E-state index contributed by atoms with van der Waals surface area (Å²) in [5.74, 6) is -2.57. The number of para-hydroxylation sites is 1. The van der Waals surface area contributed by atoms with Crippen molar-refractivity contribution in [2.24, 2.45) is 0 Å². The molecular weight excluding hydrogens is 595 g/mol. The van der Waals surface area contributed by atoms with Gasteiger partial charge in [0, 0.05) is 70.7 Å². The molecule has 5 amide bonds. The molecule has 5 rings (SSSR count). The molecule has 0 saturated carbocycles. The highest BCUT2D eigenvalue weighted by Gasteiger charge is 2.35. The van der Waals surface area contributed by atoms with E-state index in [1.54, 1.807) is 9.80 Å². The van der Waals surface area contributed by atoms with Crippen LogP contribution < -0.4 is 10.1 Å². The van der Waals surface area contributed by atoms with Crippen LogP contribution in [0.25, 0.3) is 10.9 Å². The summed E-state index contributed by atoms with van der Waals surface area (Å²) < 4.78 is 20.5. The van der Waals surface area contributed by atoms with Crippen molar-refractivity contribution in [3.63, 3.8) is 0 Å². The van der Waals surface area contributed by atoms with Crippen LogP contribution in [0.2, 0.25) is 0 Å². The molecule has 13 heteroatoms. The van der Waals surface area contributed by atoms with Gasteiger partial charge < -0.3 is 34.6 Å².